The van der Waals surface area contributed by atoms with Crippen molar-refractivity contribution in [2.75, 3.05) is 5.32 Å². The normalized spacial score (nSPS) is 15.8. The molecule has 1 fully saturated rings. The van der Waals surface area contributed by atoms with Gasteiger partial charge in [-0.1, -0.05) is 51.3 Å². The van der Waals surface area contributed by atoms with Crippen molar-refractivity contribution < 1.29 is 9.59 Å². The van der Waals surface area contributed by atoms with Crippen LogP contribution in [-0.4, -0.2) is 16.8 Å². The average Bonchev–Trinajstić information content (AvgIpc) is 2.73. The molecule has 148 valence electrons. The number of hydrogen-bond acceptors (Lipinski definition) is 3. The van der Waals surface area contributed by atoms with Crippen LogP contribution in [0.5, 0.6) is 0 Å². The third-order valence-electron chi connectivity index (χ3n) is 5.55. The van der Waals surface area contributed by atoms with Crippen LogP contribution in [-0.2, 0) is 21.5 Å². The Labute approximate surface area is 167 Å². The number of amides is 2. The molecule has 1 heterocycles. The van der Waals surface area contributed by atoms with Crippen molar-refractivity contribution in [1.29, 1.82) is 0 Å². The predicted octanol–water partition coefficient (Wildman–Crippen LogP) is 4.19. The third-order valence-corrected chi connectivity index (χ3v) is 5.55. The fourth-order valence-corrected chi connectivity index (χ4v) is 3.82. The molecular formula is C23H29N3O2. The smallest absolute Gasteiger partial charge is 0.230 e. The number of rotatable bonds is 6. The van der Waals surface area contributed by atoms with Crippen LogP contribution in [0.2, 0.25) is 0 Å². The Morgan fingerprint density at radius 2 is 1.79 bits per heavy atom. The number of carbonyl (C=O) groups excluding carboxylic acids is 2. The van der Waals surface area contributed by atoms with E-state index < -0.39 is 5.41 Å². The van der Waals surface area contributed by atoms with E-state index in [2.05, 4.69) is 15.6 Å². The van der Waals surface area contributed by atoms with Crippen molar-refractivity contribution in [3.63, 3.8) is 0 Å². The van der Waals surface area contributed by atoms with Crippen molar-refractivity contribution in [3.8, 4) is 0 Å². The molecule has 0 saturated heterocycles. The van der Waals surface area contributed by atoms with Gasteiger partial charge in [0.15, 0.2) is 0 Å². The van der Waals surface area contributed by atoms with E-state index in [1.165, 1.54) is 6.42 Å². The number of hydrogen-bond donors (Lipinski definition) is 2. The van der Waals surface area contributed by atoms with Crippen molar-refractivity contribution in [2.45, 2.75) is 57.9 Å². The summed E-state index contributed by atoms with van der Waals surface area (Å²) >= 11 is 0. The maximum Gasteiger partial charge on any atom is 0.230 e. The molecular weight excluding hydrogens is 350 g/mol. The van der Waals surface area contributed by atoms with Crippen LogP contribution in [0.1, 0.15) is 57.1 Å². The van der Waals surface area contributed by atoms with Gasteiger partial charge >= 0.3 is 0 Å². The van der Waals surface area contributed by atoms with Gasteiger partial charge < -0.3 is 10.6 Å². The maximum absolute atomic E-state index is 13.2. The van der Waals surface area contributed by atoms with Gasteiger partial charge in [-0.2, -0.15) is 0 Å². The van der Waals surface area contributed by atoms with Gasteiger partial charge in [-0.25, -0.2) is 0 Å². The third kappa shape index (κ3) is 4.58. The van der Waals surface area contributed by atoms with Gasteiger partial charge in [-0.15, -0.1) is 0 Å². The molecule has 0 radical (unpaired) electrons. The van der Waals surface area contributed by atoms with Crippen molar-refractivity contribution in [2.24, 2.45) is 5.92 Å². The molecule has 0 aliphatic heterocycles. The van der Waals surface area contributed by atoms with Gasteiger partial charge in [0.05, 0.1) is 5.41 Å². The molecule has 2 N–H and O–H groups in total. The summed E-state index contributed by atoms with van der Waals surface area (Å²) in [6, 6.07) is 11.6. The lowest BCUT2D eigenvalue weighted by atomic mass is 9.68. The molecule has 28 heavy (non-hydrogen) atoms. The summed E-state index contributed by atoms with van der Waals surface area (Å²) in [6.07, 6.45) is 8.47. The number of anilines is 1. The molecule has 1 aromatic heterocycles. The second kappa shape index (κ2) is 9.00. The maximum atomic E-state index is 13.2. The van der Waals surface area contributed by atoms with Gasteiger partial charge in [0, 0.05) is 30.5 Å². The number of nitrogens with one attached hydrogen (secondary N) is 2. The van der Waals surface area contributed by atoms with Crippen LogP contribution in [0, 0.1) is 5.92 Å². The Balaban J connectivity index is 1.77. The van der Waals surface area contributed by atoms with E-state index in [9.17, 15) is 9.59 Å². The van der Waals surface area contributed by atoms with Crippen molar-refractivity contribution in [1.82, 2.24) is 10.3 Å². The van der Waals surface area contributed by atoms with Crippen LogP contribution in [0.15, 0.2) is 48.8 Å². The first-order chi connectivity index (χ1) is 13.5. The lowest BCUT2D eigenvalue weighted by Gasteiger charge is -2.36. The fourth-order valence-electron chi connectivity index (χ4n) is 3.82. The number of pyridine rings is 1. The first kappa shape index (κ1) is 20.1. The van der Waals surface area contributed by atoms with Gasteiger partial charge in [-0.05, 0) is 42.2 Å². The van der Waals surface area contributed by atoms with Gasteiger partial charge in [-0.3, -0.25) is 14.6 Å². The lowest BCUT2D eigenvalue weighted by Crippen LogP contribution is -2.45. The Morgan fingerprint density at radius 3 is 2.39 bits per heavy atom. The Kier molecular flexibility index (Phi) is 6.45. The van der Waals surface area contributed by atoms with E-state index in [1.54, 1.807) is 12.4 Å². The molecule has 3 rings (SSSR count). The predicted molar refractivity (Wildman–Crippen MR) is 111 cm³/mol. The largest absolute Gasteiger partial charge is 0.351 e. The molecule has 0 unspecified atom stereocenters. The van der Waals surface area contributed by atoms with Crippen molar-refractivity contribution >= 4 is 17.5 Å². The highest BCUT2D eigenvalue weighted by atomic mass is 16.2. The molecule has 1 aromatic carbocycles. The molecule has 1 aliphatic carbocycles. The quantitative estimate of drug-likeness (QED) is 0.790. The summed E-state index contributed by atoms with van der Waals surface area (Å²) in [5, 5.41) is 6.03. The summed E-state index contributed by atoms with van der Waals surface area (Å²) in [4.78, 5) is 29.3. The van der Waals surface area contributed by atoms with Gasteiger partial charge in [0.1, 0.15) is 0 Å². The first-order valence-corrected chi connectivity index (χ1v) is 10.1. The molecule has 0 spiro atoms. The van der Waals surface area contributed by atoms with E-state index >= 15 is 0 Å². The summed E-state index contributed by atoms with van der Waals surface area (Å²) in [6.45, 7) is 4.22. The summed E-state index contributed by atoms with van der Waals surface area (Å²) in [7, 11) is 0. The monoisotopic (exact) mass is 379 g/mol. The topological polar surface area (TPSA) is 71.1 Å². The molecule has 0 bridgehead atoms. The van der Waals surface area contributed by atoms with Crippen LogP contribution < -0.4 is 10.6 Å². The van der Waals surface area contributed by atoms with Gasteiger partial charge in [0.25, 0.3) is 0 Å². The second-order valence-corrected chi connectivity index (χ2v) is 7.91. The highest BCUT2D eigenvalue weighted by Gasteiger charge is 2.40. The summed E-state index contributed by atoms with van der Waals surface area (Å²) < 4.78 is 0. The van der Waals surface area contributed by atoms with E-state index in [4.69, 9.17) is 0 Å². The van der Waals surface area contributed by atoms with E-state index in [0.717, 1.165) is 42.5 Å². The Hall–Kier alpha value is -2.69. The summed E-state index contributed by atoms with van der Waals surface area (Å²) in [5.74, 6) is 0.00646. The van der Waals surface area contributed by atoms with E-state index in [0.29, 0.717) is 6.54 Å². The van der Waals surface area contributed by atoms with Crippen LogP contribution in [0.4, 0.5) is 5.69 Å². The molecule has 0 atom stereocenters. The molecule has 2 aromatic rings. The zero-order valence-corrected chi connectivity index (χ0v) is 16.7. The van der Waals surface area contributed by atoms with E-state index in [-0.39, 0.29) is 17.7 Å². The van der Waals surface area contributed by atoms with Crippen molar-refractivity contribution in [3.05, 3.63) is 59.9 Å². The van der Waals surface area contributed by atoms with Gasteiger partial charge in [0.2, 0.25) is 11.8 Å². The molecule has 5 heteroatoms. The number of carbonyl (C=O) groups is 2. The first-order valence-electron chi connectivity index (χ1n) is 10.1. The number of nitrogens with zero attached hydrogens (tertiary/aromatic N) is 1. The highest BCUT2D eigenvalue weighted by molar-refractivity contribution is 5.92. The number of benzene rings is 1. The van der Waals surface area contributed by atoms with Crippen LogP contribution in [0.3, 0.4) is 0 Å². The molecule has 1 aliphatic rings. The fraction of sp³-hybridized carbons (Fsp3) is 0.435. The van der Waals surface area contributed by atoms with Crippen LogP contribution >= 0.6 is 0 Å². The SMILES string of the molecule is CC(C)C(=O)Nc1ccc(C2(C(=O)NCc3cccnc3)CCCCC2)cc1. The minimum Gasteiger partial charge on any atom is -0.351 e. The summed E-state index contributed by atoms with van der Waals surface area (Å²) in [5.41, 5.74) is 2.29. The Bertz CT molecular complexity index is 794. The second-order valence-electron chi connectivity index (χ2n) is 7.91. The zero-order chi connectivity index (χ0) is 20.0. The van der Waals surface area contributed by atoms with Crippen LogP contribution in [0.25, 0.3) is 0 Å². The average molecular weight is 380 g/mol. The van der Waals surface area contributed by atoms with E-state index in [1.807, 2.05) is 50.2 Å². The highest BCUT2D eigenvalue weighted by Crippen LogP contribution is 2.40. The lowest BCUT2D eigenvalue weighted by molar-refractivity contribution is -0.128. The Morgan fingerprint density at radius 1 is 1.07 bits per heavy atom. The minimum absolute atomic E-state index is 0.00524. The standard InChI is InChI=1S/C23H29N3O2/c1-17(2)21(27)26-20-10-8-19(9-11-20)23(12-4-3-5-13-23)22(28)25-16-18-7-6-14-24-15-18/h6-11,14-15,17H,3-5,12-13,16H2,1-2H3,(H,25,28)(H,26,27). The number of aromatic nitrogens is 1. The minimum atomic E-state index is -0.499. The molecule has 2 amide bonds. The molecule has 1 saturated carbocycles. The zero-order valence-electron chi connectivity index (χ0n) is 16.7. The molecule has 5 nitrogen and oxygen atoms in total.